The molecule has 1 saturated heterocycles. The van der Waals surface area contributed by atoms with Crippen LogP contribution in [0.3, 0.4) is 0 Å². The van der Waals surface area contributed by atoms with Crippen LogP contribution in [0.2, 0.25) is 5.02 Å². The van der Waals surface area contributed by atoms with Crippen molar-refractivity contribution >= 4 is 34.9 Å². The fraction of sp³-hybridized carbons (Fsp3) is 0.522. The second-order valence-corrected chi connectivity index (χ2v) is 9.08. The number of esters is 1. The van der Waals surface area contributed by atoms with Crippen LogP contribution in [0.15, 0.2) is 18.2 Å². The van der Waals surface area contributed by atoms with Gasteiger partial charge in [0.15, 0.2) is 5.69 Å². The molecular weight excluding hydrogens is 527 g/mol. The highest BCUT2D eigenvalue weighted by atomic mass is 35.5. The Morgan fingerprint density at radius 3 is 2.38 bits per heavy atom. The van der Waals surface area contributed by atoms with Gasteiger partial charge in [-0.2, -0.15) is 18.3 Å². The van der Waals surface area contributed by atoms with Crippen molar-refractivity contribution in [2.75, 3.05) is 30.4 Å². The number of alkyl halides is 5. The zero-order valence-corrected chi connectivity index (χ0v) is 21.2. The van der Waals surface area contributed by atoms with Gasteiger partial charge in [0, 0.05) is 25.2 Å². The molecule has 0 spiro atoms. The van der Waals surface area contributed by atoms with Crippen LogP contribution in [-0.4, -0.2) is 60.5 Å². The highest BCUT2D eigenvalue weighted by Gasteiger charge is 2.40. The molecule has 1 aliphatic rings. The summed E-state index contributed by atoms with van der Waals surface area (Å²) in [6.07, 6.45) is -9.31. The first-order valence-electron chi connectivity index (χ1n) is 11.3. The number of ether oxygens (including phenoxy) is 2. The molecule has 1 fully saturated rings. The molecule has 0 radical (unpaired) electrons. The third kappa shape index (κ3) is 6.50. The number of halogens is 6. The number of nitrogens with one attached hydrogen (secondary N) is 1. The minimum absolute atomic E-state index is 0.0675. The Bertz CT molecular complexity index is 1150. The topological polar surface area (TPSA) is 85.7 Å². The Hall–Kier alpha value is -2.93. The number of methoxy groups -OCH3 is 1. The second kappa shape index (κ2) is 11.2. The standard InChI is InChI=1S/C23H26ClF5N4O4/c1-11-9-32(10-12(2)37-11)14-5-6-16(15(7-14)22(35)36-4)30-21(34)17(8-18(25)26)33-13(3)19(24)20(31-33)23(27,28)29/h5-7,11-12,17-18H,8-10H2,1-4H3,(H,30,34)/t11-,12?,17-/m0/s1. The van der Waals surface area contributed by atoms with E-state index in [-0.39, 0.29) is 29.2 Å². The third-order valence-corrected chi connectivity index (χ3v) is 6.25. The Morgan fingerprint density at radius 2 is 1.86 bits per heavy atom. The van der Waals surface area contributed by atoms with Crippen LogP contribution >= 0.6 is 11.6 Å². The van der Waals surface area contributed by atoms with Gasteiger partial charge in [0.25, 0.3) is 0 Å². The van der Waals surface area contributed by atoms with Crippen molar-refractivity contribution < 1.29 is 41.0 Å². The number of morpholine rings is 1. The predicted octanol–water partition coefficient (Wildman–Crippen LogP) is 5.10. The van der Waals surface area contributed by atoms with Gasteiger partial charge in [-0.3, -0.25) is 9.48 Å². The van der Waals surface area contributed by atoms with Crippen molar-refractivity contribution in [3.63, 3.8) is 0 Å². The fourth-order valence-electron chi connectivity index (χ4n) is 4.19. The third-order valence-electron chi connectivity index (χ3n) is 5.80. The minimum atomic E-state index is -4.96. The van der Waals surface area contributed by atoms with E-state index >= 15 is 0 Å². The van der Waals surface area contributed by atoms with Gasteiger partial charge < -0.3 is 19.7 Å². The van der Waals surface area contributed by atoms with Gasteiger partial charge in [-0.15, -0.1) is 0 Å². The van der Waals surface area contributed by atoms with Gasteiger partial charge in [0.1, 0.15) is 6.04 Å². The normalized spacial score (nSPS) is 19.2. The van der Waals surface area contributed by atoms with Gasteiger partial charge in [0.2, 0.25) is 12.3 Å². The fourth-order valence-corrected chi connectivity index (χ4v) is 4.42. The number of amides is 1. The summed E-state index contributed by atoms with van der Waals surface area (Å²) < 4.78 is 77.6. The summed E-state index contributed by atoms with van der Waals surface area (Å²) in [6.45, 7) is 6.00. The van der Waals surface area contributed by atoms with Gasteiger partial charge in [-0.25, -0.2) is 13.6 Å². The molecule has 8 nitrogen and oxygen atoms in total. The molecule has 1 aliphatic heterocycles. The van der Waals surface area contributed by atoms with E-state index in [0.717, 1.165) is 14.0 Å². The lowest BCUT2D eigenvalue weighted by molar-refractivity contribution is -0.141. The van der Waals surface area contributed by atoms with E-state index in [9.17, 15) is 31.5 Å². The first-order chi connectivity index (χ1) is 17.2. The van der Waals surface area contributed by atoms with Crippen molar-refractivity contribution in [2.24, 2.45) is 0 Å². The SMILES string of the molecule is COC(=O)c1cc(N2CC(C)O[C@@H](C)C2)ccc1NC(=O)[C@H](CC(F)F)n1nc(C(F)(F)F)c(Cl)c1C. The van der Waals surface area contributed by atoms with E-state index in [0.29, 0.717) is 23.5 Å². The average Bonchev–Trinajstić information content (AvgIpc) is 3.11. The number of benzene rings is 1. The van der Waals surface area contributed by atoms with Crippen LogP contribution in [0.4, 0.5) is 33.3 Å². The molecule has 0 bridgehead atoms. The Morgan fingerprint density at radius 1 is 1.24 bits per heavy atom. The van der Waals surface area contributed by atoms with Gasteiger partial charge >= 0.3 is 12.1 Å². The van der Waals surface area contributed by atoms with E-state index in [2.05, 4.69) is 10.4 Å². The molecule has 2 aromatic rings. The van der Waals surface area contributed by atoms with E-state index in [1.54, 1.807) is 6.07 Å². The van der Waals surface area contributed by atoms with Crippen molar-refractivity contribution in [3.8, 4) is 0 Å². The van der Waals surface area contributed by atoms with Crippen molar-refractivity contribution in [1.29, 1.82) is 0 Å². The lowest BCUT2D eigenvalue weighted by Gasteiger charge is -2.37. The summed E-state index contributed by atoms with van der Waals surface area (Å²) in [5.74, 6) is -1.92. The maximum atomic E-state index is 13.4. The lowest BCUT2D eigenvalue weighted by Crippen LogP contribution is -2.45. The van der Waals surface area contributed by atoms with Gasteiger partial charge in [0.05, 0.1) is 41.3 Å². The summed E-state index contributed by atoms with van der Waals surface area (Å²) >= 11 is 5.74. The molecule has 1 aromatic heterocycles. The highest BCUT2D eigenvalue weighted by molar-refractivity contribution is 6.32. The molecule has 0 aliphatic carbocycles. The zero-order chi connectivity index (χ0) is 27.7. The summed E-state index contributed by atoms with van der Waals surface area (Å²) in [4.78, 5) is 27.6. The first kappa shape index (κ1) is 28.6. The number of hydrogen-bond acceptors (Lipinski definition) is 6. The molecule has 1 N–H and O–H groups in total. The molecule has 1 aromatic carbocycles. The van der Waals surface area contributed by atoms with Crippen molar-refractivity contribution in [3.05, 3.63) is 40.2 Å². The highest BCUT2D eigenvalue weighted by Crippen LogP contribution is 2.37. The number of carbonyl (C=O) groups is 2. The molecule has 37 heavy (non-hydrogen) atoms. The minimum Gasteiger partial charge on any atom is -0.465 e. The Kier molecular flexibility index (Phi) is 8.68. The van der Waals surface area contributed by atoms with Crippen molar-refractivity contribution in [1.82, 2.24) is 9.78 Å². The van der Waals surface area contributed by atoms with E-state index in [1.807, 2.05) is 18.7 Å². The molecule has 0 saturated carbocycles. The Labute approximate surface area is 214 Å². The van der Waals surface area contributed by atoms with Crippen LogP contribution in [0.5, 0.6) is 0 Å². The predicted molar refractivity (Wildman–Crippen MR) is 125 cm³/mol. The van der Waals surface area contributed by atoms with Crippen LogP contribution < -0.4 is 10.2 Å². The molecule has 204 valence electrons. The van der Waals surface area contributed by atoms with Crippen LogP contribution in [0, 0.1) is 6.92 Å². The Balaban J connectivity index is 1.97. The monoisotopic (exact) mass is 552 g/mol. The summed E-state index contributed by atoms with van der Waals surface area (Å²) in [5, 5.41) is 4.89. The van der Waals surface area contributed by atoms with Crippen molar-refractivity contribution in [2.45, 2.75) is 58.0 Å². The summed E-state index contributed by atoms with van der Waals surface area (Å²) in [5.41, 5.74) is -1.31. The number of rotatable bonds is 7. The maximum Gasteiger partial charge on any atom is 0.436 e. The largest absolute Gasteiger partial charge is 0.465 e. The van der Waals surface area contributed by atoms with E-state index in [1.165, 1.54) is 12.1 Å². The van der Waals surface area contributed by atoms with E-state index < -0.39 is 47.7 Å². The summed E-state index contributed by atoms with van der Waals surface area (Å²) in [6, 6.07) is 2.65. The number of hydrogen-bond donors (Lipinski definition) is 1. The number of carbonyl (C=O) groups excluding carboxylic acids is 2. The van der Waals surface area contributed by atoms with Crippen LogP contribution in [0.1, 0.15) is 48.1 Å². The van der Waals surface area contributed by atoms with E-state index in [4.69, 9.17) is 21.1 Å². The second-order valence-electron chi connectivity index (χ2n) is 8.71. The number of aromatic nitrogens is 2. The zero-order valence-electron chi connectivity index (χ0n) is 20.4. The lowest BCUT2D eigenvalue weighted by atomic mass is 10.1. The molecule has 3 atom stereocenters. The van der Waals surface area contributed by atoms with Crippen LogP contribution in [-0.2, 0) is 20.4 Å². The maximum absolute atomic E-state index is 13.4. The molecule has 14 heteroatoms. The molecule has 2 heterocycles. The number of anilines is 2. The number of nitrogens with zero attached hydrogens (tertiary/aromatic N) is 3. The molecule has 1 unspecified atom stereocenters. The first-order valence-corrected chi connectivity index (χ1v) is 11.6. The van der Waals surface area contributed by atoms with Gasteiger partial charge in [-0.05, 0) is 39.0 Å². The smallest absolute Gasteiger partial charge is 0.436 e. The quantitative estimate of drug-likeness (QED) is 0.380. The molecule has 3 rings (SSSR count). The van der Waals surface area contributed by atoms with Gasteiger partial charge in [-0.1, -0.05) is 11.6 Å². The molecule has 1 amide bonds. The molecular formula is C23H26ClF5N4O4. The summed E-state index contributed by atoms with van der Waals surface area (Å²) in [7, 11) is 1.13. The average molecular weight is 553 g/mol. The van der Waals surface area contributed by atoms with Crippen LogP contribution in [0.25, 0.3) is 0 Å².